The molecule has 0 spiro atoms. The van der Waals surface area contributed by atoms with Crippen molar-refractivity contribution in [3.05, 3.63) is 114 Å². The van der Waals surface area contributed by atoms with E-state index in [4.69, 9.17) is 19.2 Å². The summed E-state index contributed by atoms with van der Waals surface area (Å²) in [6, 6.07) is 21.9. The van der Waals surface area contributed by atoms with Crippen LogP contribution in [0.4, 0.5) is 0 Å². The summed E-state index contributed by atoms with van der Waals surface area (Å²) in [4.78, 5) is 19.7. The number of aryl methyl sites for hydroxylation is 1. The number of rotatable bonds is 3. The summed E-state index contributed by atoms with van der Waals surface area (Å²) < 4.78 is 19.0. The molecule has 1 aromatic heterocycles. The first-order valence-electron chi connectivity index (χ1n) is 11.9. The number of benzene rings is 3. The standard InChI is InChI=1S/C29H22N2O4S/c1-33-20-7-4-6-19(15-20)27-22-11-10-18-5-2-3-8-21(18)26(22)30-29-31(27)28(32)25(36-29)14-17-9-12-23-24(13-17)35-16-34-23/h2-9,12-15,27H,10-11,16H2,1H3/b25-14+. The number of hydrogen-bond donors (Lipinski definition) is 0. The molecule has 3 heterocycles. The molecule has 0 saturated heterocycles. The number of thiazole rings is 1. The van der Waals surface area contributed by atoms with Crippen molar-refractivity contribution in [3.63, 3.8) is 0 Å². The molecule has 0 fully saturated rings. The van der Waals surface area contributed by atoms with Crippen molar-refractivity contribution < 1.29 is 14.2 Å². The summed E-state index contributed by atoms with van der Waals surface area (Å²) in [5, 5.41) is 0. The van der Waals surface area contributed by atoms with Crippen LogP contribution in [0.5, 0.6) is 17.2 Å². The zero-order chi connectivity index (χ0) is 24.2. The molecular formula is C29H22N2O4S. The Bertz CT molecular complexity index is 1750. The summed E-state index contributed by atoms with van der Waals surface area (Å²) in [7, 11) is 1.66. The van der Waals surface area contributed by atoms with Crippen LogP contribution in [0.3, 0.4) is 0 Å². The fraction of sp³-hybridized carbons (Fsp3) is 0.172. The normalized spacial score (nSPS) is 17.8. The first-order chi connectivity index (χ1) is 17.7. The molecule has 3 aromatic carbocycles. The van der Waals surface area contributed by atoms with Crippen molar-refractivity contribution in [1.29, 1.82) is 0 Å². The van der Waals surface area contributed by atoms with Gasteiger partial charge in [-0.3, -0.25) is 9.36 Å². The topological polar surface area (TPSA) is 62.0 Å². The van der Waals surface area contributed by atoms with Gasteiger partial charge in [0, 0.05) is 5.56 Å². The van der Waals surface area contributed by atoms with Crippen LogP contribution in [0, 0.1) is 0 Å². The number of nitrogens with zero attached hydrogens (tertiary/aromatic N) is 2. The Balaban J connectivity index is 1.46. The third kappa shape index (κ3) is 3.31. The van der Waals surface area contributed by atoms with Gasteiger partial charge in [-0.1, -0.05) is 53.8 Å². The van der Waals surface area contributed by atoms with Crippen LogP contribution in [-0.2, 0) is 6.42 Å². The zero-order valence-electron chi connectivity index (χ0n) is 19.6. The molecule has 0 amide bonds. The molecule has 6 nitrogen and oxygen atoms in total. The van der Waals surface area contributed by atoms with E-state index < -0.39 is 0 Å². The predicted molar refractivity (Wildman–Crippen MR) is 138 cm³/mol. The SMILES string of the molecule is COc1cccc(C2C3=C(N=c4s/c(=C/c5ccc6c(c5)OCO6)c(=O)n42)c2ccccc2CC3)c1. The average molecular weight is 495 g/mol. The monoisotopic (exact) mass is 494 g/mol. The van der Waals surface area contributed by atoms with E-state index >= 15 is 0 Å². The second kappa shape index (κ2) is 8.24. The molecule has 178 valence electrons. The summed E-state index contributed by atoms with van der Waals surface area (Å²) in [5.41, 5.74) is 6.46. The van der Waals surface area contributed by atoms with Crippen molar-refractivity contribution in [2.24, 2.45) is 4.99 Å². The number of aromatic nitrogens is 1. The largest absolute Gasteiger partial charge is 0.497 e. The molecular weight excluding hydrogens is 472 g/mol. The average Bonchev–Trinajstić information content (AvgIpc) is 3.51. The van der Waals surface area contributed by atoms with Gasteiger partial charge in [-0.25, -0.2) is 4.99 Å². The molecule has 0 radical (unpaired) electrons. The number of methoxy groups -OCH3 is 1. The van der Waals surface area contributed by atoms with Gasteiger partial charge in [0.15, 0.2) is 16.3 Å². The number of ether oxygens (including phenoxy) is 3. The van der Waals surface area contributed by atoms with E-state index in [1.165, 1.54) is 22.5 Å². The third-order valence-corrected chi connectivity index (χ3v) is 7.96. The highest BCUT2D eigenvalue weighted by atomic mass is 32.1. The Kier molecular flexibility index (Phi) is 4.85. The lowest BCUT2D eigenvalue weighted by atomic mass is 9.83. The van der Waals surface area contributed by atoms with Crippen LogP contribution in [0.2, 0.25) is 0 Å². The molecule has 7 heteroatoms. The van der Waals surface area contributed by atoms with Gasteiger partial charge in [0.1, 0.15) is 5.75 Å². The van der Waals surface area contributed by atoms with Gasteiger partial charge < -0.3 is 14.2 Å². The minimum Gasteiger partial charge on any atom is -0.497 e. The zero-order valence-corrected chi connectivity index (χ0v) is 20.4. The van der Waals surface area contributed by atoms with E-state index in [9.17, 15) is 4.79 Å². The fourth-order valence-corrected chi connectivity index (χ4v) is 6.29. The van der Waals surface area contributed by atoms with E-state index in [1.54, 1.807) is 7.11 Å². The first kappa shape index (κ1) is 21.2. The van der Waals surface area contributed by atoms with Gasteiger partial charge in [-0.15, -0.1) is 0 Å². The van der Waals surface area contributed by atoms with E-state index in [0.717, 1.165) is 46.7 Å². The van der Waals surface area contributed by atoms with Gasteiger partial charge in [0.25, 0.3) is 5.56 Å². The molecule has 0 N–H and O–H groups in total. The van der Waals surface area contributed by atoms with Crippen LogP contribution in [0.25, 0.3) is 11.8 Å². The first-order valence-corrected chi connectivity index (χ1v) is 12.7. The molecule has 2 aliphatic heterocycles. The minimum atomic E-state index is -0.237. The Hall–Kier alpha value is -4.10. The maximum absolute atomic E-state index is 13.9. The molecule has 1 aliphatic carbocycles. The number of fused-ring (bicyclic) bond motifs is 4. The molecule has 0 bridgehead atoms. The molecule has 1 unspecified atom stereocenters. The van der Waals surface area contributed by atoms with E-state index in [2.05, 4.69) is 30.3 Å². The number of hydrogen-bond acceptors (Lipinski definition) is 6. The Labute approximate surface area is 211 Å². The van der Waals surface area contributed by atoms with E-state index in [1.807, 2.05) is 47.0 Å². The molecule has 3 aliphatic rings. The highest BCUT2D eigenvalue weighted by Gasteiger charge is 2.32. The van der Waals surface area contributed by atoms with Crippen molar-refractivity contribution in [1.82, 2.24) is 4.57 Å². The fourth-order valence-electron chi connectivity index (χ4n) is 5.29. The maximum atomic E-state index is 13.9. The van der Waals surface area contributed by atoms with E-state index in [0.29, 0.717) is 15.1 Å². The summed E-state index contributed by atoms with van der Waals surface area (Å²) in [6.45, 7) is 0.217. The van der Waals surface area contributed by atoms with Crippen LogP contribution in [0.1, 0.15) is 34.7 Å². The van der Waals surface area contributed by atoms with Crippen LogP contribution in [-0.4, -0.2) is 18.5 Å². The predicted octanol–water partition coefficient (Wildman–Crippen LogP) is 4.06. The Morgan fingerprint density at radius 3 is 2.83 bits per heavy atom. The highest BCUT2D eigenvalue weighted by molar-refractivity contribution is 7.07. The van der Waals surface area contributed by atoms with Gasteiger partial charge in [-0.2, -0.15) is 0 Å². The lowest BCUT2D eigenvalue weighted by molar-refractivity contribution is 0.174. The molecule has 4 aromatic rings. The minimum absolute atomic E-state index is 0.0466. The Morgan fingerprint density at radius 2 is 1.92 bits per heavy atom. The summed E-state index contributed by atoms with van der Waals surface area (Å²) >= 11 is 1.42. The van der Waals surface area contributed by atoms with Crippen molar-refractivity contribution >= 4 is 23.1 Å². The van der Waals surface area contributed by atoms with Crippen molar-refractivity contribution in [2.45, 2.75) is 18.9 Å². The lowest BCUT2D eigenvalue weighted by Gasteiger charge is -2.31. The van der Waals surface area contributed by atoms with E-state index in [-0.39, 0.29) is 18.4 Å². The molecule has 0 saturated carbocycles. The van der Waals surface area contributed by atoms with Crippen molar-refractivity contribution in [3.8, 4) is 17.2 Å². The molecule has 7 rings (SSSR count). The second-order valence-corrected chi connectivity index (χ2v) is 10.0. The smallest absolute Gasteiger partial charge is 0.271 e. The molecule has 1 atom stereocenters. The number of allylic oxidation sites excluding steroid dienone is 1. The summed E-state index contributed by atoms with van der Waals surface area (Å²) in [5.74, 6) is 2.18. The van der Waals surface area contributed by atoms with Crippen LogP contribution < -0.4 is 29.1 Å². The summed E-state index contributed by atoms with van der Waals surface area (Å²) in [6.07, 6.45) is 3.68. The Morgan fingerprint density at radius 1 is 1.03 bits per heavy atom. The quantitative estimate of drug-likeness (QED) is 0.431. The van der Waals surface area contributed by atoms with Crippen LogP contribution in [0.15, 0.2) is 82.1 Å². The van der Waals surface area contributed by atoms with Gasteiger partial charge >= 0.3 is 0 Å². The van der Waals surface area contributed by atoms with Crippen LogP contribution >= 0.6 is 11.3 Å². The second-order valence-electron chi connectivity index (χ2n) is 9.00. The molecule has 36 heavy (non-hydrogen) atoms. The van der Waals surface area contributed by atoms with Gasteiger partial charge in [0.2, 0.25) is 6.79 Å². The maximum Gasteiger partial charge on any atom is 0.271 e. The van der Waals surface area contributed by atoms with Gasteiger partial charge in [-0.05, 0) is 65.4 Å². The lowest BCUT2D eigenvalue weighted by Crippen LogP contribution is -2.38. The van der Waals surface area contributed by atoms with Gasteiger partial charge in [0.05, 0.1) is 23.4 Å². The van der Waals surface area contributed by atoms with Crippen molar-refractivity contribution in [2.75, 3.05) is 13.9 Å². The third-order valence-electron chi connectivity index (χ3n) is 6.98. The highest BCUT2D eigenvalue weighted by Crippen LogP contribution is 2.41.